The largest absolute Gasteiger partial charge is 0.507 e. The van der Waals surface area contributed by atoms with Crippen molar-refractivity contribution in [2.24, 2.45) is 0 Å². The molecule has 1 aliphatic rings. The van der Waals surface area contributed by atoms with Crippen molar-refractivity contribution < 1.29 is 19.1 Å². The lowest BCUT2D eigenvalue weighted by molar-refractivity contribution is -0.132. The van der Waals surface area contributed by atoms with E-state index in [9.17, 15) is 14.7 Å². The lowest BCUT2D eigenvalue weighted by atomic mass is 9.84. The maximum atomic E-state index is 15.1. The summed E-state index contributed by atoms with van der Waals surface area (Å²) in [5, 5.41) is 12.0. The average molecular weight is 512 g/mol. The number of rotatable bonds is 3. The van der Waals surface area contributed by atoms with E-state index in [1.54, 1.807) is 19.1 Å². The summed E-state index contributed by atoms with van der Waals surface area (Å²) in [6.07, 6.45) is 0. The molecule has 1 atom stereocenters. The standard InChI is InChI=1S/C28H24Cl2FNO3/c1-15-9-10-16(28(2,3)4)11-21(15)25(33)23-24(20-7-5-6-8-22(20)31)32(27(35)26(23)34)19-13-17(29)12-18(30)14-19/h5-14,24,33H,1-4H3/b25-23+. The maximum absolute atomic E-state index is 15.1. The van der Waals surface area contributed by atoms with Crippen molar-refractivity contribution in [3.63, 3.8) is 0 Å². The first kappa shape index (κ1) is 25.0. The number of ketones is 1. The first-order valence-electron chi connectivity index (χ1n) is 11.0. The molecule has 1 fully saturated rings. The molecule has 180 valence electrons. The van der Waals surface area contributed by atoms with Crippen LogP contribution in [0.2, 0.25) is 10.0 Å². The molecule has 1 aliphatic heterocycles. The van der Waals surface area contributed by atoms with Crippen molar-refractivity contribution in [3.8, 4) is 0 Å². The number of carbonyl (C=O) groups excluding carboxylic acids is 2. The molecule has 1 amide bonds. The fourth-order valence-electron chi connectivity index (χ4n) is 4.26. The average Bonchev–Trinajstić information content (AvgIpc) is 3.03. The number of hydrogen-bond acceptors (Lipinski definition) is 3. The van der Waals surface area contributed by atoms with Crippen LogP contribution in [-0.2, 0) is 15.0 Å². The van der Waals surface area contributed by atoms with Gasteiger partial charge in [-0.05, 0) is 53.8 Å². The molecule has 35 heavy (non-hydrogen) atoms. The Balaban J connectivity index is 2.02. The monoisotopic (exact) mass is 511 g/mol. The van der Waals surface area contributed by atoms with E-state index in [4.69, 9.17) is 23.2 Å². The van der Waals surface area contributed by atoms with E-state index < -0.39 is 23.5 Å². The highest BCUT2D eigenvalue weighted by molar-refractivity contribution is 6.52. The van der Waals surface area contributed by atoms with Crippen LogP contribution >= 0.6 is 23.2 Å². The molecule has 1 unspecified atom stereocenters. The number of nitrogens with zero attached hydrogens (tertiary/aromatic N) is 1. The van der Waals surface area contributed by atoms with Crippen molar-refractivity contribution in [2.75, 3.05) is 4.90 Å². The van der Waals surface area contributed by atoms with Crippen LogP contribution in [0.4, 0.5) is 10.1 Å². The van der Waals surface area contributed by atoms with E-state index in [0.717, 1.165) is 10.5 Å². The van der Waals surface area contributed by atoms with Crippen LogP contribution in [0.25, 0.3) is 5.76 Å². The molecule has 7 heteroatoms. The number of halogens is 3. The van der Waals surface area contributed by atoms with E-state index in [1.807, 2.05) is 32.9 Å². The fourth-order valence-corrected chi connectivity index (χ4v) is 4.77. The second-order valence-corrected chi connectivity index (χ2v) is 10.5. The predicted octanol–water partition coefficient (Wildman–Crippen LogP) is 7.36. The van der Waals surface area contributed by atoms with Crippen molar-refractivity contribution >= 4 is 46.3 Å². The van der Waals surface area contributed by atoms with Gasteiger partial charge >= 0.3 is 0 Å². The molecule has 4 rings (SSSR count). The zero-order chi connectivity index (χ0) is 25.7. The van der Waals surface area contributed by atoms with E-state index in [0.29, 0.717) is 11.1 Å². The molecular formula is C28H24Cl2FNO3. The Morgan fingerprint density at radius 1 is 0.971 bits per heavy atom. The molecular weight excluding hydrogens is 488 g/mol. The summed E-state index contributed by atoms with van der Waals surface area (Å²) in [4.78, 5) is 27.8. The third-order valence-corrected chi connectivity index (χ3v) is 6.56. The van der Waals surface area contributed by atoms with Crippen LogP contribution in [0.5, 0.6) is 0 Å². The summed E-state index contributed by atoms with van der Waals surface area (Å²) >= 11 is 12.3. The third kappa shape index (κ3) is 4.58. The van der Waals surface area contributed by atoms with E-state index >= 15 is 4.39 Å². The molecule has 0 aliphatic carbocycles. The first-order chi connectivity index (χ1) is 16.4. The van der Waals surface area contributed by atoms with Crippen LogP contribution < -0.4 is 4.90 Å². The molecule has 3 aromatic carbocycles. The summed E-state index contributed by atoms with van der Waals surface area (Å²) in [7, 11) is 0. The maximum Gasteiger partial charge on any atom is 0.300 e. The summed E-state index contributed by atoms with van der Waals surface area (Å²) < 4.78 is 15.1. The Morgan fingerprint density at radius 2 is 1.60 bits per heavy atom. The number of aliphatic hydroxyl groups is 1. The molecule has 1 saturated heterocycles. The molecule has 0 radical (unpaired) electrons. The zero-order valence-electron chi connectivity index (χ0n) is 19.7. The van der Waals surface area contributed by atoms with Gasteiger partial charge in [-0.2, -0.15) is 0 Å². The molecule has 4 nitrogen and oxygen atoms in total. The molecule has 3 aromatic rings. The van der Waals surface area contributed by atoms with E-state index in [1.165, 1.54) is 36.4 Å². The van der Waals surface area contributed by atoms with E-state index in [-0.39, 0.29) is 38.0 Å². The smallest absolute Gasteiger partial charge is 0.300 e. The number of aryl methyl sites for hydroxylation is 1. The molecule has 0 spiro atoms. The Bertz CT molecular complexity index is 1370. The Labute approximate surface area is 213 Å². The number of hydrogen-bond donors (Lipinski definition) is 1. The number of anilines is 1. The second kappa shape index (κ2) is 9.14. The SMILES string of the molecule is Cc1ccc(C(C)(C)C)cc1/C(O)=C1\C(=O)C(=O)N(c2cc(Cl)cc(Cl)c2)C1c1ccccc1F. The van der Waals surface area contributed by atoms with E-state index in [2.05, 4.69) is 0 Å². The van der Waals surface area contributed by atoms with Crippen LogP contribution in [0.3, 0.4) is 0 Å². The van der Waals surface area contributed by atoms with Gasteiger partial charge in [0, 0.05) is 26.9 Å². The fraction of sp³-hybridized carbons (Fsp3) is 0.214. The Kier molecular flexibility index (Phi) is 6.52. The van der Waals surface area contributed by atoms with Crippen molar-refractivity contribution in [2.45, 2.75) is 39.2 Å². The second-order valence-electron chi connectivity index (χ2n) is 9.60. The summed E-state index contributed by atoms with van der Waals surface area (Å²) in [5.41, 5.74) is 1.90. The van der Waals surface area contributed by atoms with Gasteiger partial charge in [-0.25, -0.2) is 4.39 Å². The molecule has 0 aromatic heterocycles. The highest BCUT2D eigenvalue weighted by Gasteiger charge is 2.48. The number of benzene rings is 3. The number of Topliss-reactive ketones (excluding diaryl/α,β-unsaturated/α-hetero) is 1. The highest BCUT2D eigenvalue weighted by atomic mass is 35.5. The summed E-state index contributed by atoms with van der Waals surface area (Å²) in [6, 6.07) is 14.7. The summed E-state index contributed by atoms with van der Waals surface area (Å²) in [5.74, 6) is -2.82. The Morgan fingerprint density at radius 3 is 2.20 bits per heavy atom. The lowest BCUT2D eigenvalue weighted by Gasteiger charge is -2.26. The van der Waals surface area contributed by atoms with Gasteiger partial charge in [-0.15, -0.1) is 0 Å². The van der Waals surface area contributed by atoms with Crippen LogP contribution in [-0.4, -0.2) is 16.8 Å². The molecule has 1 N–H and O–H groups in total. The van der Waals surface area contributed by atoms with Crippen molar-refractivity contribution in [1.29, 1.82) is 0 Å². The van der Waals surface area contributed by atoms with Crippen LogP contribution in [0.1, 0.15) is 49.1 Å². The predicted molar refractivity (Wildman–Crippen MR) is 138 cm³/mol. The van der Waals surface area contributed by atoms with Gasteiger partial charge in [-0.1, -0.05) is 74.3 Å². The van der Waals surface area contributed by atoms with Gasteiger partial charge in [0.2, 0.25) is 0 Å². The molecule has 0 bridgehead atoms. The van der Waals surface area contributed by atoms with Gasteiger partial charge in [-0.3, -0.25) is 14.5 Å². The summed E-state index contributed by atoms with van der Waals surface area (Å²) in [6.45, 7) is 7.89. The molecule has 0 saturated carbocycles. The third-order valence-electron chi connectivity index (χ3n) is 6.13. The number of carbonyl (C=O) groups is 2. The molecule has 1 heterocycles. The zero-order valence-corrected chi connectivity index (χ0v) is 21.2. The number of aliphatic hydroxyl groups excluding tert-OH is 1. The van der Waals surface area contributed by atoms with Crippen LogP contribution in [0.15, 0.2) is 66.2 Å². The quantitative estimate of drug-likeness (QED) is 0.227. The lowest BCUT2D eigenvalue weighted by Crippen LogP contribution is -2.29. The normalized spacial score (nSPS) is 17.8. The van der Waals surface area contributed by atoms with Crippen molar-refractivity contribution in [3.05, 3.63) is 104 Å². The number of amides is 1. The Hall–Kier alpha value is -3.15. The topological polar surface area (TPSA) is 57.6 Å². The van der Waals surface area contributed by atoms with Gasteiger partial charge in [0.1, 0.15) is 11.6 Å². The van der Waals surface area contributed by atoms with Gasteiger partial charge < -0.3 is 5.11 Å². The van der Waals surface area contributed by atoms with Gasteiger partial charge in [0.15, 0.2) is 0 Å². The minimum absolute atomic E-state index is 0.0639. The van der Waals surface area contributed by atoms with Gasteiger partial charge in [0.25, 0.3) is 11.7 Å². The first-order valence-corrected chi connectivity index (χ1v) is 11.8. The van der Waals surface area contributed by atoms with Crippen molar-refractivity contribution in [1.82, 2.24) is 0 Å². The minimum Gasteiger partial charge on any atom is -0.507 e. The minimum atomic E-state index is -1.22. The van der Waals surface area contributed by atoms with Crippen LogP contribution in [0, 0.1) is 12.7 Å². The van der Waals surface area contributed by atoms with Gasteiger partial charge in [0.05, 0.1) is 11.6 Å². The highest BCUT2D eigenvalue weighted by Crippen LogP contribution is 2.44.